The minimum Gasteiger partial charge on any atom is -0.363 e. The fraction of sp³-hybridized carbons (Fsp3) is 0.636. The molecule has 2 rings (SSSR count). The van der Waals surface area contributed by atoms with Crippen molar-refractivity contribution >= 4 is 11.7 Å². The van der Waals surface area contributed by atoms with E-state index < -0.39 is 5.60 Å². The third-order valence-electron chi connectivity index (χ3n) is 2.89. The molecule has 2 N–H and O–H groups in total. The van der Waals surface area contributed by atoms with Crippen molar-refractivity contribution in [3.63, 3.8) is 0 Å². The standard InChI is InChI=1S/C11H18N4O2/c1-8-6-9(14-13-8)12-10(16)11(2)7-15(3)4-5-17-11/h6H,4-5,7H2,1-3H3,(H2,12,13,14,16). The van der Waals surface area contributed by atoms with Gasteiger partial charge < -0.3 is 15.0 Å². The Balaban J connectivity index is 2.03. The second kappa shape index (κ2) is 4.46. The van der Waals surface area contributed by atoms with Crippen LogP contribution in [0.5, 0.6) is 0 Å². The highest BCUT2D eigenvalue weighted by Gasteiger charge is 2.38. The summed E-state index contributed by atoms with van der Waals surface area (Å²) < 4.78 is 5.58. The van der Waals surface area contributed by atoms with Gasteiger partial charge in [-0.1, -0.05) is 0 Å². The van der Waals surface area contributed by atoms with E-state index in [2.05, 4.69) is 20.4 Å². The van der Waals surface area contributed by atoms with Gasteiger partial charge in [-0.15, -0.1) is 0 Å². The number of hydrogen-bond donors (Lipinski definition) is 2. The van der Waals surface area contributed by atoms with E-state index in [0.29, 0.717) is 19.0 Å². The number of ether oxygens (including phenoxy) is 1. The maximum atomic E-state index is 12.1. The van der Waals surface area contributed by atoms with E-state index in [1.807, 2.05) is 14.0 Å². The number of hydrogen-bond acceptors (Lipinski definition) is 4. The average molecular weight is 238 g/mol. The molecule has 1 aliphatic rings. The van der Waals surface area contributed by atoms with Crippen molar-refractivity contribution in [1.82, 2.24) is 15.1 Å². The van der Waals surface area contributed by atoms with E-state index in [1.54, 1.807) is 13.0 Å². The number of aromatic nitrogens is 2. The number of aryl methyl sites for hydroxylation is 1. The molecule has 2 heterocycles. The molecule has 1 fully saturated rings. The SMILES string of the molecule is Cc1cc(NC(=O)C2(C)CN(C)CCO2)n[nH]1. The van der Waals surface area contributed by atoms with Gasteiger partial charge >= 0.3 is 0 Å². The highest BCUT2D eigenvalue weighted by molar-refractivity contribution is 5.96. The lowest BCUT2D eigenvalue weighted by Crippen LogP contribution is -2.55. The molecule has 1 aromatic heterocycles. The number of nitrogens with zero attached hydrogens (tertiary/aromatic N) is 2. The minimum atomic E-state index is -0.806. The first-order valence-electron chi connectivity index (χ1n) is 5.65. The van der Waals surface area contributed by atoms with E-state index in [1.165, 1.54) is 0 Å². The quantitative estimate of drug-likeness (QED) is 0.781. The normalized spacial score (nSPS) is 25.8. The van der Waals surface area contributed by atoms with Gasteiger partial charge in [0.1, 0.15) is 0 Å². The summed E-state index contributed by atoms with van der Waals surface area (Å²) >= 11 is 0. The predicted octanol–water partition coefficient (Wildman–Crippen LogP) is 0.377. The summed E-state index contributed by atoms with van der Waals surface area (Å²) in [5.74, 6) is 0.376. The van der Waals surface area contributed by atoms with Gasteiger partial charge in [-0.3, -0.25) is 9.89 Å². The maximum absolute atomic E-state index is 12.1. The van der Waals surface area contributed by atoms with Crippen molar-refractivity contribution < 1.29 is 9.53 Å². The number of aromatic amines is 1. The smallest absolute Gasteiger partial charge is 0.258 e. The van der Waals surface area contributed by atoms with Crippen molar-refractivity contribution in [3.05, 3.63) is 11.8 Å². The van der Waals surface area contributed by atoms with Gasteiger partial charge in [0.05, 0.1) is 6.61 Å². The molecular formula is C11H18N4O2. The Labute approximate surface area is 100 Å². The molecule has 1 aromatic rings. The summed E-state index contributed by atoms with van der Waals surface area (Å²) in [5.41, 5.74) is 0.104. The number of H-pyrrole nitrogens is 1. The Morgan fingerprint density at radius 1 is 1.71 bits per heavy atom. The number of rotatable bonds is 2. The zero-order chi connectivity index (χ0) is 12.5. The van der Waals surface area contributed by atoms with E-state index in [9.17, 15) is 4.79 Å². The van der Waals surface area contributed by atoms with Gasteiger partial charge in [0, 0.05) is 24.8 Å². The minimum absolute atomic E-state index is 0.157. The van der Waals surface area contributed by atoms with Crippen molar-refractivity contribution in [3.8, 4) is 0 Å². The first-order valence-corrected chi connectivity index (χ1v) is 5.65. The number of morpholine rings is 1. The number of carbonyl (C=O) groups excluding carboxylic acids is 1. The van der Waals surface area contributed by atoms with Crippen LogP contribution in [0.1, 0.15) is 12.6 Å². The van der Waals surface area contributed by atoms with Crippen molar-refractivity contribution in [2.45, 2.75) is 19.4 Å². The van der Waals surface area contributed by atoms with Gasteiger partial charge in [-0.05, 0) is 20.9 Å². The van der Waals surface area contributed by atoms with Crippen LogP contribution in [0.15, 0.2) is 6.07 Å². The number of carbonyl (C=O) groups is 1. The van der Waals surface area contributed by atoms with Crippen LogP contribution in [0.25, 0.3) is 0 Å². The molecule has 0 bridgehead atoms. The lowest BCUT2D eigenvalue weighted by molar-refractivity contribution is -0.149. The van der Waals surface area contributed by atoms with Crippen LogP contribution in [0.2, 0.25) is 0 Å². The molecule has 1 unspecified atom stereocenters. The van der Waals surface area contributed by atoms with Crippen LogP contribution < -0.4 is 5.32 Å². The lowest BCUT2D eigenvalue weighted by atomic mass is 10.0. The zero-order valence-electron chi connectivity index (χ0n) is 10.4. The first kappa shape index (κ1) is 12.1. The van der Waals surface area contributed by atoms with Gasteiger partial charge in [-0.2, -0.15) is 5.10 Å². The van der Waals surface area contributed by atoms with Gasteiger partial charge in [0.2, 0.25) is 0 Å². The van der Waals surface area contributed by atoms with Crippen LogP contribution in [0.4, 0.5) is 5.82 Å². The van der Waals surface area contributed by atoms with Gasteiger partial charge in [-0.25, -0.2) is 0 Å². The molecule has 94 valence electrons. The van der Waals surface area contributed by atoms with Gasteiger partial charge in [0.15, 0.2) is 11.4 Å². The molecule has 6 heteroatoms. The molecule has 0 spiro atoms. The molecule has 1 aliphatic heterocycles. The lowest BCUT2D eigenvalue weighted by Gasteiger charge is -2.37. The second-order valence-electron chi connectivity index (χ2n) is 4.71. The Morgan fingerprint density at radius 3 is 3.06 bits per heavy atom. The molecule has 17 heavy (non-hydrogen) atoms. The molecule has 0 aromatic carbocycles. The van der Waals surface area contributed by atoms with Crippen molar-refractivity contribution in [2.24, 2.45) is 0 Å². The molecule has 0 radical (unpaired) electrons. The van der Waals surface area contributed by atoms with Crippen LogP contribution in [0, 0.1) is 6.92 Å². The van der Waals surface area contributed by atoms with Crippen LogP contribution in [0.3, 0.4) is 0 Å². The largest absolute Gasteiger partial charge is 0.363 e. The highest BCUT2D eigenvalue weighted by atomic mass is 16.5. The Kier molecular flexibility index (Phi) is 3.17. The molecule has 0 saturated carbocycles. The Hall–Kier alpha value is -1.40. The zero-order valence-corrected chi connectivity index (χ0v) is 10.4. The first-order chi connectivity index (χ1) is 7.99. The fourth-order valence-corrected chi connectivity index (χ4v) is 1.93. The third-order valence-corrected chi connectivity index (χ3v) is 2.89. The van der Waals surface area contributed by atoms with Crippen LogP contribution >= 0.6 is 0 Å². The third kappa shape index (κ3) is 2.65. The topological polar surface area (TPSA) is 70.2 Å². The second-order valence-corrected chi connectivity index (χ2v) is 4.71. The molecular weight excluding hydrogens is 220 g/mol. The number of anilines is 1. The van der Waals surface area contributed by atoms with E-state index in [4.69, 9.17) is 4.74 Å². The summed E-state index contributed by atoms with van der Waals surface area (Å²) in [4.78, 5) is 14.2. The monoisotopic (exact) mass is 238 g/mol. The molecule has 1 saturated heterocycles. The molecule has 6 nitrogen and oxygen atoms in total. The van der Waals surface area contributed by atoms with Crippen molar-refractivity contribution in [2.75, 3.05) is 32.1 Å². The number of amides is 1. The summed E-state index contributed by atoms with van der Waals surface area (Å²) in [6.45, 7) is 5.69. The summed E-state index contributed by atoms with van der Waals surface area (Å²) in [5, 5.41) is 9.52. The summed E-state index contributed by atoms with van der Waals surface area (Å²) in [6, 6.07) is 1.79. The molecule has 1 atom stereocenters. The van der Waals surface area contributed by atoms with Crippen LogP contribution in [-0.4, -0.2) is 53.3 Å². The highest BCUT2D eigenvalue weighted by Crippen LogP contribution is 2.18. The fourth-order valence-electron chi connectivity index (χ4n) is 1.93. The summed E-state index contributed by atoms with van der Waals surface area (Å²) in [7, 11) is 1.98. The molecule has 0 aliphatic carbocycles. The Morgan fingerprint density at radius 2 is 2.47 bits per heavy atom. The summed E-state index contributed by atoms with van der Waals surface area (Å²) in [6.07, 6.45) is 0. The van der Waals surface area contributed by atoms with Gasteiger partial charge in [0.25, 0.3) is 5.91 Å². The number of likely N-dealkylation sites (N-methyl/N-ethyl adjacent to an activating group) is 1. The predicted molar refractivity (Wildman–Crippen MR) is 63.8 cm³/mol. The van der Waals surface area contributed by atoms with E-state index in [-0.39, 0.29) is 5.91 Å². The van der Waals surface area contributed by atoms with E-state index in [0.717, 1.165) is 12.2 Å². The van der Waals surface area contributed by atoms with E-state index >= 15 is 0 Å². The number of nitrogens with one attached hydrogen (secondary N) is 2. The van der Waals surface area contributed by atoms with Crippen molar-refractivity contribution in [1.29, 1.82) is 0 Å². The van der Waals surface area contributed by atoms with Crippen LogP contribution in [-0.2, 0) is 9.53 Å². The Bertz CT molecular complexity index is 417. The maximum Gasteiger partial charge on any atom is 0.258 e. The molecule has 1 amide bonds. The average Bonchev–Trinajstić information content (AvgIpc) is 2.63.